The average Bonchev–Trinajstić information content (AvgIpc) is 2.95. The lowest BCUT2D eigenvalue weighted by Crippen LogP contribution is -2.10. The fraction of sp³-hybridized carbons (Fsp3) is 0.375. The number of fused-ring (bicyclic) bond motifs is 1. The Hall–Kier alpha value is -2.15. The second kappa shape index (κ2) is 8.29. The van der Waals surface area contributed by atoms with Crippen LogP contribution in [0.25, 0.3) is 10.9 Å². The summed E-state index contributed by atoms with van der Waals surface area (Å²) >= 11 is 0. The standard InChI is InChI=1S/C24H29N/c1-4-5-6-12-23-19(3)13-14-21(23)16-18(2)17-22-10-7-9-20-11-8-15-25-24(20)22/h5-11,15,21,23H,2-4,12-14,16-17H2,1H3/b6-5-. The molecule has 0 radical (unpaired) electrons. The van der Waals surface area contributed by atoms with Gasteiger partial charge in [0, 0.05) is 11.6 Å². The fourth-order valence-corrected chi connectivity index (χ4v) is 4.13. The number of pyridine rings is 1. The first-order chi connectivity index (χ1) is 12.2. The van der Waals surface area contributed by atoms with E-state index < -0.39 is 0 Å². The van der Waals surface area contributed by atoms with E-state index >= 15 is 0 Å². The Morgan fingerprint density at radius 2 is 2.08 bits per heavy atom. The zero-order chi connectivity index (χ0) is 17.6. The van der Waals surface area contributed by atoms with Gasteiger partial charge in [-0.3, -0.25) is 4.98 Å². The van der Waals surface area contributed by atoms with Gasteiger partial charge in [-0.05, 0) is 62.0 Å². The zero-order valence-corrected chi connectivity index (χ0v) is 15.4. The number of aromatic nitrogens is 1. The minimum atomic E-state index is 0.630. The molecule has 2 atom stereocenters. The van der Waals surface area contributed by atoms with Crippen molar-refractivity contribution in [2.45, 2.75) is 45.4 Å². The topological polar surface area (TPSA) is 12.9 Å². The molecule has 1 aliphatic carbocycles. The Balaban J connectivity index is 1.67. The quantitative estimate of drug-likeness (QED) is 0.517. The van der Waals surface area contributed by atoms with Gasteiger partial charge < -0.3 is 0 Å². The van der Waals surface area contributed by atoms with Gasteiger partial charge in [0.25, 0.3) is 0 Å². The van der Waals surface area contributed by atoms with Crippen molar-refractivity contribution in [2.75, 3.05) is 0 Å². The highest BCUT2D eigenvalue weighted by Gasteiger charge is 2.29. The van der Waals surface area contributed by atoms with E-state index in [1.165, 1.54) is 34.9 Å². The minimum Gasteiger partial charge on any atom is -0.256 e. The Kier molecular flexibility index (Phi) is 5.86. The smallest absolute Gasteiger partial charge is 0.0737 e. The molecule has 2 unspecified atom stereocenters. The molecule has 1 heteroatoms. The Morgan fingerprint density at radius 1 is 1.24 bits per heavy atom. The summed E-state index contributed by atoms with van der Waals surface area (Å²) in [5, 5.41) is 1.21. The van der Waals surface area contributed by atoms with Crippen LogP contribution in [0.15, 0.2) is 73.0 Å². The van der Waals surface area contributed by atoms with Gasteiger partial charge in [-0.25, -0.2) is 0 Å². The van der Waals surface area contributed by atoms with Crippen molar-refractivity contribution < 1.29 is 0 Å². The summed E-state index contributed by atoms with van der Waals surface area (Å²) in [4.78, 5) is 4.58. The fourth-order valence-electron chi connectivity index (χ4n) is 4.13. The SMILES string of the molecule is C=C(Cc1cccc2cccnc12)CC1CCC(=C)C1C/C=C\CC. The molecule has 0 amide bonds. The van der Waals surface area contributed by atoms with Gasteiger partial charge in [-0.15, -0.1) is 0 Å². The molecule has 0 spiro atoms. The lowest BCUT2D eigenvalue weighted by molar-refractivity contribution is 0.418. The van der Waals surface area contributed by atoms with Crippen LogP contribution in [0.2, 0.25) is 0 Å². The van der Waals surface area contributed by atoms with Crippen LogP contribution >= 0.6 is 0 Å². The molecule has 1 nitrogen and oxygen atoms in total. The largest absolute Gasteiger partial charge is 0.256 e. The number of rotatable bonds is 7. The van der Waals surface area contributed by atoms with E-state index in [1.807, 2.05) is 12.3 Å². The molecule has 1 fully saturated rings. The monoisotopic (exact) mass is 331 g/mol. The number of nitrogens with zero attached hydrogens (tertiary/aromatic N) is 1. The number of benzene rings is 1. The lowest BCUT2D eigenvalue weighted by atomic mass is 9.84. The van der Waals surface area contributed by atoms with Crippen molar-refractivity contribution in [3.8, 4) is 0 Å². The van der Waals surface area contributed by atoms with Crippen molar-refractivity contribution in [2.24, 2.45) is 11.8 Å². The second-order valence-electron chi connectivity index (χ2n) is 7.30. The van der Waals surface area contributed by atoms with Crippen LogP contribution < -0.4 is 0 Å². The summed E-state index contributed by atoms with van der Waals surface area (Å²) in [5.74, 6) is 1.33. The highest BCUT2D eigenvalue weighted by Crippen LogP contribution is 2.41. The van der Waals surface area contributed by atoms with Gasteiger partial charge >= 0.3 is 0 Å². The molecule has 3 rings (SSSR count). The third-order valence-electron chi connectivity index (χ3n) is 5.43. The summed E-state index contributed by atoms with van der Waals surface area (Å²) < 4.78 is 0. The number of hydrogen-bond acceptors (Lipinski definition) is 1. The summed E-state index contributed by atoms with van der Waals surface area (Å²) in [6, 6.07) is 10.6. The van der Waals surface area contributed by atoms with Crippen LogP contribution in [-0.4, -0.2) is 4.98 Å². The third-order valence-corrected chi connectivity index (χ3v) is 5.43. The highest BCUT2D eigenvalue weighted by atomic mass is 14.6. The Morgan fingerprint density at radius 3 is 2.92 bits per heavy atom. The molecule has 0 saturated heterocycles. The van der Waals surface area contributed by atoms with Crippen LogP contribution in [0.1, 0.15) is 44.6 Å². The number of allylic oxidation sites excluding steroid dienone is 4. The Bertz CT molecular complexity index is 778. The molecule has 1 aliphatic rings. The van der Waals surface area contributed by atoms with E-state index in [1.54, 1.807) is 0 Å². The predicted octanol–water partition coefficient (Wildman–Crippen LogP) is 6.66. The molecule has 1 aromatic heterocycles. The van der Waals surface area contributed by atoms with Gasteiger partial charge in [0.15, 0.2) is 0 Å². The van der Waals surface area contributed by atoms with Crippen LogP contribution in [-0.2, 0) is 6.42 Å². The maximum Gasteiger partial charge on any atom is 0.0737 e. The lowest BCUT2D eigenvalue weighted by Gasteiger charge is -2.20. The van der Waals surface area contributed by atoms with Crippen molar-refractivity contribution in [1.29, 1.82) is 0 Å². The van der Waals surface area contributed by atoms with Crippen LogP contribution in [0.3, 0.4) is 0 Å². The molecule has 1 heterocycles. The molecular weight excluding hydrogens is 302 g/mol. The minimum absolute atomic E-state index is 0.630. The third kappa shape index (κ3) is 4.28. The van der Waals surface area contributed by atoms with Gasteiger partial charge in [0.1, 0.15) is 0 Å². The van der Waals surface area contributed by atoms with E-state index in [0.29, 0.717) is 11.8 Å². The number of hydrogen-bond donors (Lipinski definition) is 0. The molecule has 1 saturated carbocycles. The second-order valence-corrected chi connectivity index (χ2v) is 7.30. The van der Waals surface area contributed by atoms with E-state index in [9.17, 15) is 0 Å². The molecule has 0 N–H and O–H groups in total. The Labute approximate surface area is 152 Å². The molecule has 25 heavy (non-hydrogen) atoms. The first-order valence-corrected chi connectivity index (χ1v) is 9.51. The van der Waals surface area contributed by atoms with Crippen LogP contribution in [0.4, 0.5) is 0 Å². The van der Waals surface area contributed by atoms with E-state index in [-0.39, 0.29) is 0 Å². The summed E-state index contributed by atoms with van der Waals surface area (Å²) in [6.45, 7) is 10.9. The average molecular weight is 332 g/mol. The van der Waals surface area contributed by atoms with E-state index in [0.717, 1.165) is 31.2 Å². The van der Waals surface area contributed by atoms with Gasteiger partial charge in [-0.2, -0.15) is 0 Å². The van der Waals surface area contributed by atoms with Crippen molar-refractivity contribution in [3.05, 3.63) is 78.5 Å². The van der Waals surface area contributed by atoms with Crippen molar-refractivity contribution in [3.63, 3.8) is 0 Å². The highest BCUT2D eigenvalue weighted by molar-refractivity contribution is 5.81. The predicted molar refractivity (Wildman–Crippen MR) is 109 cm³/mol. The molecule has 2 aromatic rings. The van der Waals surface area contributed by atoms with E-state index in [2.05, 4.69) is 61.5 Å². The van der Waals surface area contributed by atoms with Crippen molar-refractivity contribution in [1.82, 2.24) is 4.98 Å². The van der Waals surface area contributed by atoms with Crippen LogP contribution in [0, 0.1) is 11.8 Å². The summed E-state index contributed by atoms with van der Waals surface area (Å²) in [5.41, 5.74) is 5.17. The first-order valence-electron chi connectivity index (χ1n) is 9.51. The van der Waals surface area contributed by atoms with Crippen LogP contribution in [0.5, 0.6) is 0 Å². The van der Waals surface area contributed by atoms with Gasteiger partial charge in [0.2, 0.25) is 0 Å². The first kappa shape index (κ1) is 17.7. The van der Waals surface area contributed by atoms with Gasteiger partial charge in [-0.1, -0.05) is 67.6 Å². The zero-order valence-electron chi connectivity index (χ0n) is 15.4. The molecule has 0 aliphatic heterocycles. The number of para-hydroxylation sites is 1. The normalized spacial score (nSPS) is 20.6. The molecule has 0 bridgehead atoms. The van der Waals surface area contributed by atoms with Gasteiger partial charge in [0.05, 0.1) is 5.52 Å². The maximum atomic E-state index is 4.58. The summed E-state index contributed by atoms with van der Waals surface area (Å²) in [7, 11) is 0. The van der Waals surface area contributed by atoms with Crippen molar-refractivity contribution >= 4 is 10.9 Å². The maximum absolute atomic E-state index is 4.58. The molecule has 1 aromatic carbocycles. The van der Waals surface area contributed by atoms with E-state index in [4.69, 9.17) is 0 Å². The summed E-state index contributed by atoms with van der Waals surface area (Å²) in [6.07, 6.45) is 13.2. The molecular formula is C24H29N. The molecule has 130 valence electrons.